The van der Waals surface area contributed by atoms with Crippen molar-refractivity contribution in [2.75, 3.05) is 32.8 Å². The third kappa shape index (κ3) is 13.4. The number of hydrogen-bond donors (Lipinski definition) is 5. The van der Waals surface area contributed by atoms with E-state index in [1.807, 2.05) is 76.5 Å². The summed E-state index contributed by atoms with van der Waals surface area (Å²) >= 11 is 3.01. The minimum absolute atomic E-state index is 0.0192. The molecule has 4 atom stereocenters. The molecule has 1 saturated heterocycles. The largest absolute Gasteiger partial charge is 0.508 e. The zero-order chi connectivity index (χ0) is 50.8. The molecule has 0 radical (unpaired) electrons. The Kier molecular flexibility index (Phi) is 17.7. The third-order valence-corrected chi connectivity index (χ3v) is 15.4. The van der Waals surface area contributed by atoms with Gasteiger partial charge in [-0.25, -0.2) is 4.98 Å². The van der Waals surface area contributed by atoms with E-state index in [1.165, 1.54) is 16.2 Å². The van der Waals surface area contributed by atoms with Crippen molar-refractivity contribution < 1.29 is 39.2 Å². The molecule has 5 N–H and O–H groups in total. The minimum Gasteiger partial charge on any atom is -0.508 e. The maximum absolute atomic E-state index is 14.1. The summed E-state index contributed by atoms with van der Waals surface area (Å²) in [7, 11) is 0. The number of aromatic hydroxyl groups is 2. The number of fused-ring (bicyclic) bond motifs is 1. The molecule has 0 aliphatic carbocycles. The maximum Gasteiger partial charge on any atom is 0.246 e. The van der Waals surface area contributed by atoms with Crippen LogP contribution in [0.5, 0.6) is 17.2 Å². The van der Waals surface area contributed by atoms with E-state index in [9.17, 15) is 34.5 Å². The molecule has 0 unspecified atom stereocenters. The highest BCUT2D eigenvalue weighted by Gasteiger charge is 2.44. The zero-order valence-corrected chi connectivity index (χ0v) is 43.2. The van der Waals surface area contributed by atoms with Gasteiger partial charge in [0.05, 0.1) is 28.2 Å². The number of likely N-dealkylation sites (tertiary alicyclic amines) is 1. The first-order valence-electron chi connectivity index (χ1n) is 24.6. The first-order valence-corrected chi connectivity index (χ1v) is 26.3. The molecule has 376 valence electrons. The van der Waals surface area contributed by atoms with Crippen LogP contribution in [0.3, 0.4) is 0 Å². The molecule has 7 rings (SSSR count). The van der Waals surface area contributed by atoms with Gasteiger partial charge in [-0.05, 0) is 129 Å². The summed E-state index contributed by atoms with van der Waals surface area (Å²) in [5.41, 5.74) is 6.01. The molecule has 1 aliphatic heterocycles. The smallest absolute Gasteiger partial charge is 0.246 e. The molecule has 6 aromatic rings. The number of thiophene rings is 1. The normalized spacial score (nSPS) is 15.7. The van der Waals surface area contributed by atoms with Crippen molar-refractivity contribution in [1.82, 2.24) is 25.4 Å². The number of aromatic nitrogens is 1. The number of phenolic OH excluding ortho intramolecular Hbond substituents is 2. The van der Waals surface area contributed by atoms with Crippen LogP contribution in [0.1, 0.15) is 113 Å². The van der Waals surface area contributed by atoms with Crippen LogP contribution in [0, 0.1) is 12.3 Å². The van der Waals surface area contributed by atoms with Gasteiger partial charge in [0, 0.05) is 52.0 Å². The Hall–Kier alpha value is -6.13. The number of benzene rings is 4. The van der Waals surface area contributed by atoms with Crippen LogP contribution >= 0.6 is 22.7 Å². The first-order chi connectivity index (χ1) is 34.0. The molecule has 1 aliphatic rings. The number of likely N-dealkylation sites (N-methyl/N-ethyl adjacent to an activating group) is 1. The number of hydrogen-bond acceptors (Lipinski definition) is 12. The van der Waals surface area contributed by atoms with Crippen molar-refractivity contribution in [3.05, 3.63) is 119 Å². The van der Waals surface area contributed by atoms with E-state index in [4.69, 9.17) is 4.74 Å². The van der Waals surface area contributed by atoms with E-state index in [0.717, 1.165) is 87.5 Å². The Morgan fingerprint density at radius 1 is 0.845 bits per heavy atom. The van der Waals surface area contributed by atoms with Gasteiger partial charge in [-0.3, -0.25) is 19.2 Å². The van der Waals surface area contributed by atoms with Crippen LogP contribution in [0.4, 0.5) is 0 Å². The number of nitrogens with one attached hydrogen (secondary N) is 2. The van der Waals surface area contributed by atoms with Crippen molar-refractivity contribution in [2.24, 2.45) is 5.41 Å². The lowest BCUT2D eigenvalue weighted by atomic mass is 9.85. The van der Waals surface area contributed by atoms with E-state index < -0.39 is 23.6 Å². The molecule has 3 heterocycles. The number of phenols is 2. The minimum atomic E-state index is -0.870. The highest BCUT2D eigenvalue weighted by Crippen LogP contribution is 2.42. The van der Waals surface area contributed by atoms with E-state index in [-0.39, 0.29) is 60.4 Å². The fraction of sp³-hybridized carbons (Fsp3) is 0.411. The van der Waals surface area contributed by atoms with Gasteiger partial charge in [0.25, 0.3) is 0 Å². The van der Waals surface area contributed by atoms with E-state index in [1.54, 1.807) is 65.9 Å². The van der Waals surface area contributed by atoms with Crippen LogP contribution in [0.25, 0.3) is 31.0 Å². The van der Waals surface area contributed by atoms with Gasteiger partial charge in [-0.1, -0.05) is 71.2 Å². The number of carbonyl (C=O) groups excluding carboxylic acids is 4. The SMILES string of the molecule is CCN(CCCCCCCC(=O)N[C@H](C(=O)N1C[C@H](O)C[C@H]1C(=O)N[C@@H](C)c1ccc(-c2scnc2C)cc1)C(C)(C)C)CCOc1ccc(C(=O)c2c(-c3ccc(O)cc3)sc3cc(O)ccc23)cc1. The standard InChI is InChI=1S/C56H67N5O8S2/c1-7-60(29-30-69-44-25-20-38(21-26-44)50(66)49-45-27-24-42(63)32-47(45)71-52(49)40-18-22-41(62)23-19-40)28-12-10-8-9-11-13-48(65)59-53(56(4,5)6)55(68)61-33-43(64)31-46(61)54(67)58-35(2)37-14-16-39(17-15-37)51-36(3)57-34-70-51/h14-27,32,34-35,43,46,53,62-64H,7-13,28-31,33H2,1-6H3,(H,58,67)(H,59,65)/t35-,43+,46-,53+/m0/s1. The van der Waals surface area contributed by atoms with E-state index in [0.29, 0.717) is 29.9 Å². The first kappa shape index (κ1) is 52.7. The zero-order valence-electron chi connectivity index (χ0n) is 41.6. The van der Waals surface area contributed by atoms with Gasteiger partial charge in [0.2, 0.25) is 17.7 Å². The Morgan fingerprint density at radius 2 is 1.51 bits per heavy atom. The number of carbonyl (C=O) groups is 4. The summed E-state index contributed by atoms with van der Waals surface area (Å²) in [5.74, 6) is -0.114. The second-order valence-electron chi connectivity index (χ2n) is 19.6. The van der Waals surface area contributed by atoms with Gasteiger partial charge in [-0.15, -0.1) is 22.7 Å². The van der Waals surface area contributed by atoms with E-state index in [2.05, 4.69) is 27.4 Å². The molecular weight excluding hydrogens is 935 g/mol. The van der Waals surface area contributed by atoms with Crippen LogP contribution in [0.2, 0.25) is 0 Å². The highest BCUT2D eigenvalue weighted by molar-refractivity contribution is 7.22. The summed E-state index contributed by atoms with van der Waals surface area (Å²) in [6.07, 6.45) is 4.14. The molecule has 2 aromatic heterocycles. The number of unbranched alkanes of at least 4 members (excludes halogenated alkanes) is 4. The molecule has 4 aromatic carbocycles. The molecule has 1 fully saturated rings. The maximum atomic E-state index is 14.1. The number of ketones is 1. The number of ether oxygens (including phenoxy) is 1. The van der Waals surface area contributed by atoms with Crippen molar-refractivity contribution >= 4 is 56.3 Å². The number of rotatable bonds is 22. The van der Waals surface area contributed by atoms with Crippen molar-refractivity contribution in [3.8, 4) is 38.1 Å². The molecule has 0 bridgehead atoms. The van der Waals surface area contributed by atoms with Crippen molar-refractivity contribution in [2.45, 2.75) is 111 Å². The van der Waals surface area contributed by atoms with Crippen molar-refractivity contribution in [3.63, 3.8) is 0 Å². The third-order valence-electron chi connectivity index (χ3n) is 13.2. The Balaban J connectivity index is 0.813. The number of aliphatic hydroxyl groups is 1. The quantitative estimate of drug-likeness (QED) is 0.0324. The molecular formula is C56H67N5O8S2. The Labute approximate surface area is 424 Å². The van der Waals surface area contributed by atoms with Gasteiger partial charge in [0.15, 0.2) is 5.78 Å². The average Bonchev–Trinajstić information content (AvgIpc) is 4.08. The molecule has 0 saturated carbocycles. The molecule has 13 nitrogen and oxygen atoms in total. The van der Waals surface area contributed by atoms with Gasteiger partial charge in [-0.2, -0.15) is 0 Å². The Morgan fingerprint density at radius 3 is 2.18 bits per heavy atom. The predicted molar refractivity (Wildman–Crippen MR) is 282 cm³/mol. The second-order valence-corrected chi connectivity index (χ2v) is 21.5. The van der Waals surface area contributed by atoms with Gasteiger partial charge < -0.3 is 40.5 Å². The summed E-state index contributed by atoms with van der Waals surface area (Å²) in [6.45, 7) is 14.7. The van der Waals surface area contributed by atoms with Crippen molar-refractivity contribution in [1.29, 1.82) is 0 Å². The average molecular weight is 1000 g/mol. The summed E-state index contributed by atoms with van der Waals surface area (Å²) in [4.78, 5) is 65.1. The predicted octanol–water partition coefficient (Wildman–Crippen LogP) is 10.1. The number of β-amino-alcohol motifs (C(OH)–C–C–N with tert-alkyl or cyclic N) is 1. The number of aliphatic hydroxyl groups excluding tert-OH is 1. The fourth-order valence-corrected chi connectivity index (χ4v) is 11.1. The number of aryl methyl sites for hydroxylation is 1. The van der Waals surface area contributed by atoms with Gasteiger partial charge in [0.1, 0.15) is 35.9 Å². The molecule has 71 heavy (non-hydrogen) atoms. The molecule has 15 heteroatoms. The van der Waals surface area contributed by atoms with Crippen LogP contribution in [0.15, 0.2) is 96.5 Å². The number of nitrogens with zero attached hydrogens (tertiary/aromatic N) is 3. The highest BCUT2D eigenvalue weighted by atomic mass is 32.1. The topological polar surface area (TPSA) is 182 Å². The number of thiazole rings is 1. The van der Waals surface area contributed by atoms with Gasteiger partial charge >= 0.3 is 0 Å². The monoisotopic (exact) mass is 1000 g/mol. The van der Waals surface area contributed by atoms with Crippen LogP contribution in [-0.2, 0) is 14.4 Å². The lowest BCUT2D eigenvalue weighted by molar-refractivity contribution is -0.144. The fourth-order valence-electron chi connectivity index (χ4n) is 9.09. The Bertz CT molecular complexity index is 2770. The summed E-state index contributed by atoms with van der Waals surface area (Å²) in [6, 6.07) is 24.9. The lowest BCUT2D eigenvalue weighted by Gasteiger charge is -2.35. The summed E-state index contributed by atoms with van der Waals surface area (Å²) in [5, 5.41) is 37.4. The van der Waals surface area contributed by atoms with Crippen LogP contribution < -0.4 is 15.4 Å². The molecule has 3 amide bonds. The molecule has 0 spiro atoms. The number of amides is 3. The van der Waals surface area contributed by atoms with Crippen LogP contribution in [-0.4, -0.2) is 105 Å². The van der Waals surface area contributed by atoms with E-state index >= 15 is 0 Å². The summed E-state index contributed by atoms with van der Waals surface area (Å²) < 4.78 is 6.89. The second kappa shape index (κ2) is 23.9. The lowest BCUT2D eigenvalue weighted by Crippen LogP contribution is -2.57.